The molecule has 260 valence electrons. The standard InChI is InChI=1S/C42H45NO7/c1-2-3-4-5-6-7-8-9-15-26-49-35-24-25-36(38-37(35)39(44)32-18-13-14-19-33(32)40(38)45)50-28-30-20-22-31(23-21-30)41(46)43-34(42(47)48)27-29-16-11-10-12-17-29/h10-14,16-25,34H,2-9,15,26-28H2,1H3,(H,43,46)(H,47,48)/t34-/m0/s1. The number of nitrogens with one attached hydrogen (secondary N) is 1. The fourth-order valence-electron chi connectivity index (χ4n) is 6.20. The van der Waals surface area contributed by atoms with Crippen LogP contribution in [0.25, 0.3) is 0 Å². The number of hydrogen-bond donors (Lipinski definition) is 2. The average Bonchev–Trinajstić information content (AvgIpc) is 3.14. The average molecular weight is 676 g/mol. The van der Waals surface area contributed by atoms with Crippen molar-refractivity contribution in [1.82, 2.24) is 5.32 Å². The van der Waals surface area contributed by atoms with Gasteiger partial charge in [0.1, 0.15) is 24.1 Å². The van der Waals surface area contributed by atoms with Crippen LogP contribution in [-0.4, -0.2) is 41.2 Å². The molecular formula is C42H45NO7. The highest BCUT2D eigenvalue weighted by atomic mass is 16.5. The normalized spacial score (nSPS) is 12.5. The van der Waals surface area contributed by atoms with Crippen LogP contribution in [0, 0.1) is 0 Å². The number of fused-ring (bicyclic) bond motifs is 2. The van der Waals surface area contributed by atoms with Crippen molar-refractivity contribution >= 4 is 23.4 Å². The van der Waals surface area contributed by atoms with Crippen molar-refractivity contribution in [3.8, 4) is 11.5 Å². The first-order valence-corrected chi connectivity index (χ1v) is 17.6. The molecule has 5 rings (SSSR count). The van der Waals surface area contributed by atoms with Gasteiger partial charge in [-0.2, -0.15) is 0 Å². The zero-order chi connectivity index (χ0) is 35.3. The predicted molar refractivity (Wildman–Crippen MR) is 192 cm³/mol. The van der Waals surface area contributed by atoms with Gasteiger partial charge < -0.3 is 19.9 Å². The smallest absolute Gasteiger partial charge is 0.326 e. The third-order valence-corrected chi connectivity index (χ3v) is 9.00. The number of ketones is 2. The summed E-state index contributed by atoms with van der Waals surface area (Å²) in [6, 6.07) is 24.8. The minimum atomic E-state index is -1.12. The van der Waals surface area contributed by atoms with E-state index in [2.05, 4.69) is 12.2 Å². The second kappa shape index (κ2) is 18.0. The molecule has 0 aliphatic heterocycles. The molecule has 1 amide bonds. The number of ether oxygens (including phenoxy) is 2. The van der Waals surface area contributed by atoms with E-state index in [1.54, 1.807) is 60.7 Å². The lowest BCUT2D eigenvalue weighted by Gasteiger charge is -2.23. The van der Waals surface area contributed by atoms with Gasteiger partial charge in [-0.3, -0.25) is 14.4 Å². The van der Waals surface area contributed by atoms with Crippen LogP contribution in [0.2, 0.25) is 0 Å². The molecule has 0 fully saturated rings. The summed E-state index contributed by atoms with van der Waals surface area (Å²) in [5.74, 6) is -1.54. The summed E-state index contributed by atoms with van der Waals surface area (Å²) >= 11 is 0. The van der Waals surface area contributed by atoms with E-state index in [-0.39, 0.29) is 41.5 Å². The number of carboxylic acids is 1. The summed E-state index contributed by atoms with van der Waals surface area (Å²) in [6.07, 6.45) is 10.8. The van der Waals surface area contributed by atoms with E-state index in [1.807, 2.05) is 30.3 Å². The maximum atomic E-state index is 13.8. The zero-order valence-corrected chi connectivity index (χ0v) is 28.6. The topological polar surface area (TPSA) is 119 Å². The summed E-state index contributed by atoms with van der Waals surface area (Å²) < 4.78 is 12.3. The Kier molecular flexibility index (Phi) is 12.9. The molecule has 4 aromatic carbocycles. The van der Waals surface area contributed by atoms with Crippen LogP contribution >= 0.6 is 0 Å². The van der Waals surface area contributed by atoms with Gasteiger partial charge in [-0.1, -0.05) is 125 Å². The van der Waals surface area contributed by atoms with Crippen molar-refractivity contribution in [1.29, 1.82) is 0 Å². The molecule has 0 saturated heterocycles. The van der Waals surface area contributed by atoms with Gasteiger partial charge in [0.15, 0.2) is 11.6 Å². The third kappa shape index (κ3) is 9.26. The number of aliphatic carboxylic acids is 1. The highest BCUT2D eigenvalue weighted by molar-refractivity contribution is 6.30. The molecule has 0 heterocycles. The first kappa shape index (κ1) is 36.1. The van der Waals surface area contributed by atoms with E-state index >= 15 is 0 Å². The van der Waals surface area contributed by atoms with Crippen LogP contribution in [0.4, 0.5) is 0 Å². The molecule has 8 heteroatoms. The van der Waals surface area contributed by atoms with Gasteiger partial charge in [0, 0.05) is 23.1 Å². The number of benzene rings is 4. The Labute approximate surface area is 293 Å². The molecular weight excluding hydrogens is 630 g/mol. The van der Waals surface area contributed by atoms with Crippen LogP contribution in [0.5, 0.6) is 11.5 Å². The SMILES string of the molecule is CCCCCCCCCCCOc1ccc(OCc2ccc(C(=O)N[C@@H](Cc3ccccc3)C(=O)O)cc2)c2c1C(=O)c1ccccc1C2=O. The van der Waals surface area contributed by atoms with E-state index in [0.29, 0.717) is 29.0 Å². The number of carbonyl (C=O) groups is 4. The van der Waals surface area contributed by atoms with Gasteiger partial charge in [-0.15, -0.1) is 0 Å². The quantitative estimate of drug-likeness (QED) is 0.0844. The van der Waals surface area contributed by atoms with E-state index in [9.17, 15) is 24.3 Å². The monoisotopic (exact) mass is 675 g/mol. The zero-order valence-electron chi connectivity index (χ0n) is 28.6. The van der Waals surface area contributed by atoms with E-state index < -0.39 is 17.9 Å². The van der Waals surface area contributed by atoms with Gasteiger partial charge in [0.25, 0.3) is 5.91 Å². The van der Waals surface area contributed by atoms with Crippen molar-refractivity contribution in [3.05, 3.63) is 130 Å². The molecule has 0 unspecified atom stereocenters. The fraction of sp³-hybridized carbons (Fsp3) is 0.333. The van der Waals surface area contributed by atoms with Gasteiger partial charge in [0.05, 0.1) is 17.7 Å². The second-order valence-electron chi connectivity index (χ2n) is 12.7. The second-order valence-corrected chi connectivity index (χ2v) is 12.7. The summed E-state index contributed by atoms with van der Waals surface area (Å²) in [7, 11) is 0. The van der Waals surface area contributed by atoms with Gasteiger partial charge >= 0.3 is 5.97 Å². The summed E-state index contributed by atoms with van der Waals surface area (Å²) in [5, 5.41) is 12.3. The van der Waals surface area contributed by atoms with E-state index in [1.165, 1.54) is 38.5 Å². The Balaban J connectivity index is 1.23. The highest BCUT2D eigenvalue weighted by Crippen LogP contribution is 2.39. The van der Waals surface area contributed by atoms with Gasteiger partial charge in [0.2, 0.25) is 0 Å². The Bertz CT molecular complexity index is 1780. The molecule has 0 bridgehead atoms. The van der Waals surface area contributed by atoms with Crippen LogP contribution in [-0.2, 0) is 17.8 Å². The largest absolute Gasteiger partial charge is 0.493 e. The Hall–Kier alpha value is -5.24. The molecule has 1 aliphatic rings. The minimum absolute atomic E-state index is 0.0713. The Morgan fingerprint density at radius 2 is 1.18 bits per heavy atom. The molecule has 50 heavy (non-hydrogen) atoms. The number of rotatable bonds is 19. The third-order valence-electron chi connectivity index (χ3n) is 9.00. The number of carbonyl (C=O) groups excluding carboxylic acids is 3. The highest BCUT2D eigenvalue weighted by Gasteiger charge is 2.35. The number of unbranched alkanes of at least 4 members (excludes halogenated alkanes) is 8. The van der Waals surface area contributed by atoms with E-state index in [0.717, 1.165) is 30.4 Å². The van der Waals surface area contributed by atoms with Gasteiger partial charge in [-0.05, 0) is 41.8 Å². The Morgan fingerprint density at radius 3 is 1.76 bits per heavy atom. The lowest BCUT2D eigenvalue weighted by molar-refractivity contribution is -0.139. The lowest BCUT2D eigenvalue weighted by atomic mass is 9.83. The molecule has 0 saturated carbocycles. The maximum absolute atomic E-state index is 13.8. The molecule has 1 atom stereocenters. The summed E-state index contributed by atoms with van der Waals surface area (Å²) in [6.45, 7) is 2.74. The first-order valence-electron chi connectivity index (χ1n) is 17.6. The molecule has 8 nitrogen and oxygen atoms in total. The van der Waals surface area contributed by atoms with Crippen molar-refractivity contribution in [2.45, 2.75) is 83.8 Å². The number of amides is 1. The van der Waals surface area contributed by atoms with Crippen molar-refractivity contribution in [2.75, 3.05) is 6.61 Å². The molecule has 4 aromatic rings. The van der Waals surface area contributed by atoms with Crippen LogP contribution in [0.1, 0.15) is 118 Å². The van der Waals surface area contributed by atoms with E-state index in [4.69, 9.17) is 9.47 Å². The van der Waals surface area contributed by atoms with Crippen LogP contribution < -0.4 is 14.8 Å². The minimum Gasteiger partial charge on any atom is -0.493 e. The molecule has 0 spiro atoms. The fourth-order valence-corrected chi connectivity index (χ4v) is 6.20. The van der Waals surface area contributed by atoms with Gasteiger partial charge in [-0.25, -0.2) is 4.79 Å². The summed E-state index contributed by atoms with van der Waals surface area (Å²) in [4.78, 5) is 52.2. The maximum Gasteiger partial charge on any atom is 0.326 e. The van der Waals surface area contributed by atoms with Crippen LogP contribution in [0.15, 0.2) is 91.0 Å². The molecule has 0 aromatic heterocycles. The lowest BCUT2D eigenvalue weighted by Crippen LogP contribution is -2.42. The van der Waals surface area contributed by atoms with Crippen molar-refractivity contribution < 1.29 is 33.8 Å². The number of carboxylic acid groups (broad SMARTS) is 1. The molecule has 0 radical (unpaired) electrons. The molecule has 1 aliphatic carbocycles. The Morgan fingerprint density at radius 1 is 0.640 bits per heavy atom. The number of hydrogen-bond acceptors (Lipinski definition) is 6. The first-order chi connectivity index (χ1) is 24.4. The molecule has 2 N–H and O–H groups in total. The van der Waals surface area contributed by atoms with Crippen molar-refractivity contribution in [3.63, 3.8) is 0 Å². The summed E-state index contributed by atoms with van der Waals surface area (Å²) in [5.41, 5.74) is 2.90. The predicted octanol–water partition coefficient (Wildman–Crippen LogP) is 8.38. The van der Waals surface area contributed by atoms with Crippen molar-refractivity contribution in [2.24, 2.45) is 0 Å². The van der Waals surface area contributed by atoms with Crippen LogP contribution in [0.3, 0.4) is 0 Å².